The molecule has 0 spiro atoms. The molecule has 2 N–H and O–H groups in total. The van der Waals surface area contributed by atoms with E-state index in [9.17, 15) is 4.79 Å². The normalized spacial score (nSPS) is 8.80. The van der Waals surface area contributed by atoms with E-state index in [2.05, 4.69) is 5.32 Å². The highest BCUT2D eigenvalue weighted by molar-refractivity contribution is 5.72. The second-order valence-corrected chi connectivity index (χ2v) is 1.84. The standard InChI is InChI=1S/C7H7N2O/c8-6-2-1-3-7(4-6)9-5-10/h1-5,8H,(H,9,10). The molecule has 0 unspecified atom stereocenters. The first-order valence-corrected chi connectivity index (χ1v) is 2.85. The summed E-state index contributed by atoms with van der Waals surface area (Å²) in [5.74, 6) is 0. The summed E-state index contributed by atoms with van der Waals surface area (Å²) >= 11 is 0. The van der Waals surface area contributed by atoms with Crippen LogP contribution in [0.3, 0.4) is 0 Å². The lowest BCUT2D eigenvalue weighted by Gasteiger charge is -1.96. The highest BCUT2D eigenvalue weighted by Crippen LogP contribution is 2.11. The van der Waals surface area contributed by atoms with Crippen LogP contribution in [0.1, 0.15) is 0 Å². The Morgan fingerprint density at radius 2 is 2.30 bits per heavy atom. The molecule has 1 rings (SSSR count). The van der Waals surface area contributed by atoms with E-state index in [1.54, 1.807) is 24.3 Å². The molecule has 0 atom stereocenters. The van der Waals surface area contributed by atoms with Crippen molar-refractivity contribution in [3.63, 3.8) is 0 Å². The van der Waals surface area contributed by atoms with Crippen LogP contribution in [0.2, 0.25) is 0 Å². The zero-order valence-electron chi connectivity index (χ0n) is 5.29. The van der Waals surface area contributed by atoms with Crippen LogP contribution in [0.5, 0.6) is 0 Å². The first-order valence-electron chi connectivity index (χ1n) is 2.85. The van der Waals surface area contributed by atoms with E-state index in [0.29, 0.717) is 17.8 Å². The predicted octanol–water partition coefficient (Wildman–Crippen LogP) is 1.17. The molecule has 1 radical (unpaired) electrons. The van der Waals surface area contributed by atoms with Crippen LogP contribution < -0.4 is 11.1 Å². The van der Waals surface area contributed by atoms with Gasteiger partial charge >= 0.3 is 0 Å². The van der Waals surface area contributed by atoms with Gasteiger partial charge in [0.05, 0.1) is 5.69 Å². The maximum Gasteiger partial charge on any atom is 0.211 e. The molecule has 0 aliphatic carbocycles. The van der Waals surface area contributed by atoms with Crippen LogP contribution >= 0.6 is 0 Å². The van der Waals surface area contributed by atoms with Crippen LogP contribution in [0.4, 0.5) is 11.4 Å². The molecular formula is C7H7N2O. The smallest absolute Gasteiger partial charge is 0.211 e. The molecule has 51 valence electrons. The van der Waals surface area contributed by atoms with E-state index in [4.69, 9.17) is 5.73 Å². The molecule has 0 aromatic heterocycles. The third-order valence-corrected chi connectivity index (χ3v) is 1.09. The van der Waals surface area contributed by atoms with Crippen molar-refractivity contribution in [3.8, 4) is 0 Å². The molecule has 10 heavy (non-hydrogen) atoms. The Hall–Kier alpha value is -1.51. The van der Waals surface area contributed by atoms with E-state index in [1.807, 2.05) is 0 Å². The van der Waals surface area contributed by atoms with Crippen molar-refractivity contribution in [2.75, 3.05) is 5.32 Å². The van der Waals surface area contributed by atoms with Gasteiger partial charge in [0, 0.05) is 5.69 Å². The fraction of sp³-hybridized carbons (Fsp3) is 0. The van der Waals surface area contributed by atoms with E-state index in [0.717, 1.165) is 0 Å². The molecule has 0 aliphatic heterocycles. The Morgan fingerprint density at radius 3 is 2.90 bits per heavy atom. The summed E-state index contributed by atoms with van der Waals surface area (Å²) in [6.45, 7) is 0. The molecule has 0 saturated carbocycles. The summed E-state index contributed by atoms with van der Waals surface area (Å²) in [6, 6.07) is 6.67. The third-order valence-electron chi connectivity index (χ3n) is 1.09. The number of carbonyl (C=O) groups excluding carboxylic acids is 1. The zero-order valence-corrected chi connectivity index (χ0v) is 5.29. The van der Waals surface area contributed by atoms with E-state index in [-0.39, 0.29) is 0 Å². The second kappa shape index (κ2) is 2.87. The van der Waals surface area contributed by atoms with Crippen molar-refractivity contribution < 1.29 is 4.79 Å². The fourth-order valence-electron chi connectivity index (χ4n) is 0.677. The Bertz CT molecular complexity index is 235. The Labute approximate surface area is 58.8 Å². The molecule has 1 aromatic rings. The number of amides is 1. The lowest BCUT2D eigenvalue weighted by atomic mass is 10.3. The summed E-state index contributed by atoms with van der Waals surface area (Å²) in [7, 11) is 0. The number of hydrogen-bond acceptors (Lipinski definition) is 1. The summed E-state index contributed by atoms with van der Waals surface area (Å²) in [5, 5.41) is 2.45. The van der Waals surface area contributed by atoms with E-state index in [1.165, 1.54) is 0 Å². The summed E-state index contributed by atoms with van der Waals surface area (Å²) in [6.07, 6.45) is 0.592. The maximum absolute atomic E-state index is 9.91. The zero-order chi connectivity index (χ0) is 7.40. The molecule has 0 aliphatic rings. The lowest BCUT2D eigenvalue weighted by Crippen LogP contribution is -1.92. The number of rotatable bonds is 2. The van der Waals surface area contributed by atoms with Gasteiger partial charge in [0.15, 0.2) is 0 Å². The first kappa shape index (κ1) is 6.61. The monoisotopic (exact) mass is 135 g/mol. The Balaban J connectivity index is 2.84. The highest BCUT2D eigenvalue weighted by Gasteiger charge is 1.88. The molecular weight excluding hydrogens is 128 g/mol. The number of carbonyl (C=O) groups is 1. The maximum atomic E-state index is 9.91. The van der Waals surface area contributed by atoms with Crippen LogP contribution in [0.25, 0.3) is 0 Å². The van der Waals surface area contributed by atoms with Gasteiger partial charge in [-0.3, -0.25) is 4.79 Å². The largest absolute Gasteiger partial charge is 0.329 e. The molecule has 0 bridgehead atoms. The van der Waals surface area contributed by atoms with Crippen LogP contribution in [0.15, 0.2) is 24.3 Å². The van der Waals surface area contributed by atoms with E-state index < -0.39 is 0 Å². The van der Waals surface area contributed by atoms with Gasteiger partial charge in [-0.2, -0.15) is 0 Å². The van der Waals surface area contributed by atoms with Crippen LogP contribution in [-0.2, 0) is 4.79 Å². The van der Waals surface area contributed by atoms with Crippen molar-refractivity contribution in [2.45, 2.75) is 0 Å². The second-order valence-electron chi connectivity index (χ2n) is 1.84. The van der Waals surface area contributed by atoms with Crippen LogP contribution in [-0.4, -0.2) is 6.41 Å². The van der Waals surface area contributed by atoms with Gasteiger partial charge in [0.25, 0.3) is 0 Å². The highest BCUT2D eigenvalue weighted by atomic mass is 16.1. The van der Waals surface area contributed by atoms with Gasteiger partial charge in [-0.25, -0.2) is 0 Å². The van der Waals surface area contributed by atoms with Crippen molar-refractivity contribution in [3.05, 3.63) is 24.3 Å². The van der Waals surface area contributed by atoms with E-state index >= 15 is 0 Å². The van der Waals surface area contributed by atoms with Gasteiger partial charge < -0.3 is 11.1 Å². The minimum absolute atomic E-state index is 0.395. The number of nitrogens with one attached hydrogen (secondary N) is 2. The van der Waals surface area contributed by atoms with Gasteiger partial charge in [-0.05, 0) is 18.2 Å². The molecule has 0 fully saturated rings. The molecule has 0 saturated heterocycles. The van der Waals surface area contributed by atoms with Gasteiger partial charge in [-0.15, -0.1) is 0 Å². The van der Waals surface area contributed by atoms with Gasteiger partial charge in [-0.1, -0.05) is 6.07 Å². The third kappa shape index (κ3) is 1.48. The molecule has 1 aromatic carbocycles. The Morgan fingerprint density at radius 1 is 1.50 bits per heavy atom. The molecule has 1 amide bonds. The molecule has 3 heteroatoms. The summed E-state index contributed by atoms with van der Waals surface area (Å²) < 4.78 is 0. The minimum Gasteiger partial charge on any atom is -0.329 e. The first-order chi connectivity index (χ1) is 4.83. The van der Waals surface area contributed by atoms with Crippen LogP contribution in [0, 0.1) is 0 Å². The number of benzene rings is 1. The van der Waals surface area contributed by atoms with Crippen molar-refractivity contribution >= 4 is 17.8 Å². The summed E-state index contributed by atoms with van der Waals surface area (Å²) in [4.78, 5) is 9.91. The quantitative estimate of drug-likeness (QED) is 0.608. The minimum atomic E-state index is 0.395. The van der Waals surface area contributed by atoms with Gasteiger partial charge in [0.2, 0.25) is 6.41 Å². The molecule has 3 nitrogen and oxygen atoms in total. The lowest BCUT2D eigenvalue weighted by molar-refractivity contribution is -0.105. The number of hydrogen-bond donors (Lipinski definition) is 1. The topological polar surface area (TPSA) is 52.9 Å². The summed E-state index contributed by atoms with van der Waals surface area (Å²) in [5.41, 5.74) is 8.21. The number of anilines is 1. The van der Waals surface area contributed by atoms with Crippen molar-refractivity contribution in [1.82, 2.24) is 5.73 Å². The van der Waals surface area contributed by atoms with Crippen molar-refractivity contribution in [2.24, 2.45) is 0 Å². The average Bonchev–Trinajstić information content (AvgIpc) is 1.88. The Kier molecular flexibility index (Phi) is 1.89. The SMILES string of the molecule is [NH]c1cccc(NC=O)c1. The van der Waals surface area contributed by atoms with Crippen molar-refractivity contribution in [1.29, 1.82) is 0 Å². The van der Waals surface area contributed by atoms with Gasteiger partial charge in [0.1, 0.15) is 0 Å². The molecule has 0 heterocycles. The fourth-order valence-corrected chi connectivity index (χ4v) is 0.677. The average molecular weight is 135 g/mol. The predicted molar refractivity (Wildman–Crippen MR) is 38.9 cm³/mol.